The van der Waals surface area contributed by atoms with E-state index in [0.29, 0.717) is 5.56 Å². The van der Waals surface area contributed by atoms with Gasteiger partial charge < -0.3 is 12.4 Å². The van der Waals surface area contributed by atoms with Crippen molar-refractivity contribution in [2.45, 2.75) is 6.18 Å². The van der Waals surface area contributed by atoms with Crippen LogP contribution in [0.4, 0.5) is 13.2 Å². The zero-order valence-electron chi connectivity index (χ0n) is 9.80. The molecule has 0 N–H and O–H groups in total. The summed E-state index contributed by atoms with van der Waals surface area (Å²) >= 11 is 5.91. The highest BCUT2D eigenvalue weighted by Gasteiger charge is 2.30. The topological polar surface area (TPSA) is 3.01 Å². The lowest BCUT2D eigenvalue weighted by molar-refractivity contribution is -0.458. The Morgan fingerprint density at radius 3 is 2.39 bits per heavy atom. The predicted octanol–water partition coefficient (Wildman–Crippen LogP) is 0.632. The fraction of sp³-hybridized carbons (Fsp3) is 0.250. The fourth-order valence-corrected chi connectivity index (χ4v) is 1.33. The SMILES string of the molecule is C[N+](C)=C/C=C(\Cl)c1cccc(C(F)(F)F)c1.[Cl-]. The molecule has 1 rings (SSSR count). The van der Waals surface area contributed by atoms with Crippen LogP contribution < -0.4 is 12.4 Å². The highest BCUT2D eigenvalue weighted by atomic mass is 35.5. The Morgan fingerprint density at radius 2 is 1.89 bits per heavy atom. The van der Waals surface area contributed by atoms with Crippen LogP contribution in [0.25, 0.3) is 5.03 Å². The minimum atomic E-state index is -4.35. The first-order chi connectivity index (χ1) is 7.80. The first kappa shape index (κ1) is 17.0. The van der Waals surface area contributed by atoms with Crippen LogP contribution in [0.15, 0.2) is 30.3 Å². The molecule has 18 heavy (non-hydrogen) atoms. The summed E-state index contributed by atoms with van der Waals surface area (Å²) in [5, 5.41) is 0.268. The molecule has 0 aliphatic heterocycles. The Hall–Kier alpha value is -1.00. The molecule has 0 aliphatic rings. The van der Waals surface area contributed by atoms with Crippen molar-refractivity contribution in [2.24, 2.45) is 0 Å². The Morgan fingerprint density at radius 1 is 1.28 bits per heavy atom. The lowest BCUT2D eigenvalue weighted by Gasteiger charge is -2.07. The maximum Gasteiger partial charge on any atom is 0.416 e. The molecule has 0 saturated carbocycles. The molecule has 0 amide bonds. The average Bonchev–Trinajstić information content (AvgIpc) is 2.25. The number of hydrogen-bond donors (Lipinski definition) is 0. The van der Waals surface area contributed by atoms with Gasteiger partial charge in [0.25, 0.3) is 0 Å². The van der Waals surface area contributed by atoms with Gasteiger partial charge in [-0.3, -0.25) is 0 Å². The third kappa shape index (κ3) is 5.10. The molecule has 6 heteroatoms. The molecule has 1 aromatic rings. The van der Waals surface area contributed by atoms with Crippen molar-refractivity contribution in [3.05, 3.63) is 41.5 Å². The molecule has 0 spiro atoms. The summed E-state index contributed by atoms with van der Waals surface area (Å²) in [6.07, 6.45) is -1.13. The van der Waals surface area contributed by atoms with E-state index in [4.69, 9.17) is 11.6 Å². The van der Waals surface area contributed by atoms with Crippen molar-refractivity contribution in [3.8, 4) is 0 Å². The molecule has 100 valence electrons. The van der Waals surface area contributed by atoms with Crippen LogP contribution in [-0.2, 0) is 6.18 Å². The van der Waals surface area contributed by atoms with Crippen LogP contribution >= 0.6 is 11.6 Å². The average molecular weight is 298 g/mol. The molecule has 0 aliphatic carbocycles. The smallest absolute Gasteiger partial charge is 0.416 e. The lowest BCUT2D eigenvalue weighted by atomic mass is 10.1. The summed E-state index contributed by atoms with van der Waals surface area (Å²) in [6, 6.07) is 4.92. The maximum absolute atomic E-state index is 12.5. The van der Waals surface area contributed by atoms with E-state index in [1.807, 2.05) is 0 Å². The van der Waals surface area contributed by atoms with E-state index < -0.39 is 11.7 Å². The van der Waals surface area contributed by atoms with Gasteiger partial charge in [0.1, 0.15) is 14.1 Å². The first-order valence-corrected chi connectivity index (χ1v) is 5.23. The van der Waals surface area contributed by atoms with E-state index >= 15 is 0 Å². The van der Waals surface area contributed by atoms with Gasteiger partial charge in [-0.15, -0.1) is 0 Å². The highest BCUT2D eigenvalue weighted by Crippen LogP contribution is 2.31. The number of benzene rings is 1. The second kappa shape index (κ2) is 6.81. The molecule has 0 heterocycles. The number of hydrogen-bond acceptors (Lipinski definition) is 0. The molecule has 0 saturated heterocycles. The molecule has 0 atom stereocenters. The van der Waals surface area contributed by atoms with Gasteiger partial charge >= 0.3 is 6.18 Å². The van der Waals surface area contributed by atoms with E-state index in [2.05, 4.69) is 0 Å². The molecule has 1 nitrogen and oxygen atoms in total. The van der Waals surface area contributed by atoms with Gasteiger partial charge in [-0.1, -0.05) is 23.7 Å². The minimum Gasteiger partial charge on any atom is -1.00 e. The van der Waals surface area contributed by atoms with Gasteiger partial charge in [-0.05, 0) is 17.7 Å². The van der Waals surface area contributed by atoms with Crippen LogP contribution in [0.2, 0.25) is 0 Å². The Balaban J connectivity index is 0.00000289. The quantitative estimate of drug-likeness (QED) is 0.557. The van der Waals surface area contributed by atoms with E-state index in [1.165, 1.54) is 12.1 Å². The molecule has 1 aromatic carbocycles. The van der Waals surface area contributed by atoms with Gasteiger partial charge in [0.05, 0.1) is 10.6 Å². The molecule has 0 unspecified atom stereocenters. The summed E-state index contributed by atoms with van der Waals surface area (Å²) in [5.41, 5.74) is -0.356. The van der Waals surface area contributed by atoms with E-state index in [-0.39, 0.29) is 17.4 Å². The molecular weight excluding hydrogens is 286 g/mol. The number of alkyl halides is 3. The van der Waals surface area contributed by atoms with Crippen molar-refractivity contribution >= 4 is 22.8 Å². The first-order valence-electron chi connectivity index (χ1n) is 4.85. The van der Waals surface area contributed by atoms with Gasteiger partial charge in [-0.25, -0.2) is 4.58 Å². The van der Waals surface area contributed by atoms with E-state index in [9.17, 15) is 13.2 Å². The summed E-state index contributed by atoms with van der Waals surface area (Å²) < 4.78 is 39.1. The molecule has 0 bridgehead atoms. The third-order valence-electron chi connectivity index (χ3n) is 1.98. The molecule has 0 radical (unpaired) electrons. The largest absolute Gasteiger partial charge is 1.00 e. The Kier molecular flexibility index (Phi) is 6.43. The van der Waals surface area contributed by atoms with Crippen molar-refractivity contribution in [1.29, 1.82) is 0 Å². The minimum absolute atomic E-state index is 0. The number of nitrogens with zero attached hydrogens (tertiary/aromatic N) is 1. The fourth-order valence-electron chi connectivity index (χ4n) is 1.15. The van der Waals surface area contributed by atoms with Crippen molar-refractivity contribution in [3.63, 3.8) is 0 Å². The molecule has 0 aromatic heterocycles. The van der Waals surface area contributed by atoms with Crippen LogP contribution in [0.3, 0.4) is 0 Å². The van der Waals surface area contributed by atoms with E-state index in [1.54, 1.807) is 31.0 Å². The normalized spacial score (nSPS) is 11.8. The van der Waals surface area contributed by atoms with Crippen LogP contribution in [0.5, 0.6) is 0 Å². The van der Waals surface area contributed by atoms with E-state index in [0.717, 1.165) is 12.1 Å². The summed E-state index contributed by atoms with van der Waals surface area (Å²) in [6.45, 7) is 0. The summed E-state index contributed by atoms with van der Waals surface area (Å²) in [7, 11) is 3.60. The van der Waals surface area contributed by atoms with Gasteiger partial charge in [-0.2, -0.15) is 13.2 Å². The van der Waals surface area contributed by atoms with Crippen molar-refractivity contribution in [1.82, 2.24) is 0 Å². The zero-order chi connectivity index (χ0) is 13.1. The lowest BCUT2D eigenvalue weighted by Crippen LogP contribution is -3.00. The van der Waals surface area contributed by atoms with Crippen LogP contribution in [0, 0.1) is 0 Å². The Labute approximate surface area is 115 Å². The Bertz CT molecular complexity index is 461. The standard InChI is InChI=1S/C12H12ClF3N.ClH/c1-17(2)7-6-11(13)9-4-3-5-10(8-9)12(14,15)16;/h3-8H,1-2H3;1H/q+1;/p-1/b11-6-;. The zero-order valence-corrected chi connectivity index (χ0v) is 11.3. The van der Waals surface area contributed by atoms with Gasteiger partial charge in [0.15, 0.2) is 6.21 Å². The van der Waals surface area contributed by atoms with Crippen molar-refractivity contribution < 1.29 is 30.2 Å². The van der Waals surface area contributed by atoms with Crippen LogP contribution in [-0.4, -0.2) is 24.9 Å². The monoisotopic (exact) mass is 297 g/mol. The number of halogens is 5. The summed E-state index contributed by atoms with van der Waals surface area (Å²) in [4.78, 5) is 0. The number of allylic oxidation sites excluding steroid dienone is 1. The van der Waals surface area contributed by atoms with Gasteiger partial charge in [0, 0.05) is 6.08 Å². The van der Waals surface area contributed by atoms with Gasteiger partial charge in [0.2, 0.25) is 0 Å². The second-order valence-electron chi connectivity index (χ2n) is 3.71. The molecular formula is C12H12Cl2F3N. The maximum atomic E-state index is 12.5. The second-order valence-corrected chi connectivity index (χ2v) is 4.11. The number of rotatable bonds is 2. The van der Waals surface area contributed by atoms with Crippen LogP contribution in [0.1, 0.15) is 11.1 Å². The third-order valence-corrected chi connectivity index (χ3v) is 2.33. The highest BCUT2D eigenvalue weighted by molar-refractivity contribution is 6.49. The predicted molar refractivity (Wildman–Crippen MR) is 63.4 cm³/mol. The molecule has 0 fully saturated rings. The summed E-state index contributed by atoms with van der Waals surface area (Å²) in [5.74, 6) is 0. The van der Waals surface area contributed by atoms with Crippen molar-refractivity contribution in [2.75, 3.05) is 14.1 Å².